The highest BCUT2D eigenvalue weighted by atomic mass is 35.5. The van der Waals surface area contributed by atoms with Crippen molar-refractivity contribution in [2.24, 2.45) is 0 Å². The lowest BCUT2D eigenvalue weighted by molar-refractivity contribution is -0.118. The Kier molecular flexibility index (Phi) is 3.55. The average Bonchev–Trinajstić information content (AvgIpc) is 2.46. The van der Waals surface area contributed by atoms with E-state index in [4.69, 9.17) is 16.3 Å². The third kappa shape index (κ3) is 2.72. The van der Waals surface area contributed by atoms with Gasteiger partial charge in [0.25, 0.3) is 5.91 Å². The molecule has 0 saturated carbocycles. The molecule has 0 radical (unpaired) electrons. The largest absolute Gasteiger partial charge is 0.482 e. The number of ether oxygens (including phenoxy) is 1. The van der Waals surface area contributed by atoms with Crippen LogP contribution in [0.1, 0.15) is 22.1 Å². The molecule has 0 aliphatic carbocycles. The molecule has 0 spiro atoms. The second-order valence-corrected chi connectivity index (χ2v) is 5.42. The van der Waals surface area contributed by atoms with Crippen LogP contribution in [-0.4, -0.2) is 12.5 Å². The highest BCUT2D eigenvalue weighted by Crippen LogP contribution is 2.36. The summed E-state index contributed by atoms with van der Waals surface area (Å²) in [4.78, 5) is 11.3. The first-order valence-corrected chi connectivity index (χ1v) is 6.95. The van der Waals surface area contributed by atoms with E-state index in [1.807, 2.05) is 13.0 Å². The van der Waals surface area contributed by atoms with Crippen molar-refractivity contribution in [3.63, 3.8) is 0 Å². The van der Waals surface area contributed by atoms with E-state index in [1.165, 1.54) is 6.07 Å². The molecule has 1 heterocycles. The van der Waals surface area contributed by atoms with Gasteiger partial charge >= 0.3 is 0 Å². The van der Waals surface area contributed by atoms with Gasteiger partial charge in [0.15, 0.2) is 6.61 Å². The van der Waals surface area contributed by atoms with Crippen LogP contribution in [0.25, 0.3) is 0 Å². The Hall–Kier alpha value is -2.07. The summed E-state index contributed by atoms with van der Waals surface area (Å²) >= 11 is 6.37. The quantitative estimate of drug-likeness (QED) is 0.857. The first-order chi connectivity index (χ1) is 10.0. The highest BCUT2D eigenvalue weighted by Gasteiger charge is 2.20. The fourth-order valence-corrected chi connectivity index (χ4v) is 2.59. The van der Waals surface area contributed by atoms with Crippen LogP contribution in [0.5, 0.6) is 5.75 Å². The second-order valence-electron chi connectivity index (χ2n) is 4.98. The highest BCUT2D eigenvalue weighted by molar-refractivity contribution is 6.22. The zero-order valence-electron chi connectivity index (χ0n) is 11.3. The number of halogens is 2. The Morgan fingerprint density at radius 3 is 2.86 bits per heavy atom. The molecule has 1 N–H and O–H groups in total. The summed E-state index contributed by atoms with van der Waals surface area (Å²) in [6, 6.07) is 10.2. The lowest BCUT2D eigenvalue weighted by Crippen LogP contribution is -2.25. The summed E-state index contributed by atoms with van der Waals surface area (Å²) in [7, 11) is 0. The van der Waals surface area contributed by atoms with Gasteiger partial charge in [0.1, 0.15) is 11.6 Å². The summed E-state index contributed by atoms with van der Waals surface area (Å²) in [6.45, 7) is 1.82. The molecular formula is C16H13ClFNO2. The molecule has 1 atom stereocenters. The van der Waals surface area contributed by atoms with Crippen LogP contribution < -0.4 is 10.1 Å². The lowest BCUT2D eigenvalue weighted by Gasteiger charge is -2.20. The monoisotopic (exact) mass is 305 g/mol. The van der Waals surface area contributed by atoms with Crippen LogP contribution in [0.4, 0.5) is 10.1 Å². The van der Waals surface area contributed by atoms with Crippen molar-refractivity contribution in [1.82, 2.24) is 0 Å². The SMILES string of the molecule is Cc1ccc(C(Cl)c2ccc3c(c2)NC(=O)CO3)c(F)c1. The van der Waals surface area contributed by atoms with Crippen molar-refractivity contribution in [2.45, 2.75) is 12.3 Å². The average molecular weight is 306 g/mol. The molecule has 0 fully saturated rings. The minimum atomic E-state index is -0.630. The van der Waals surface area contributed by atoms with Gasteiger partial charge < -0.3 is 10.1 Å². The molecule has 5 heteroatoms. The maximum Gasteiger partial charge on any atom is 0.262 e. The number of amides is 1. The molecule has 3 nitrogen and oxygen atoms in total. The van der Waals surface area contributed by atoms with Crippen LogP contribution in [0.3, 0.4) is 0 Å². The van der Waals surface area contributed by atoms with Crippen molar-refractivity contribution < 1.29 is 13.9 Å². The minimum absolute atomic E-state index is 0.00321. The molecule has 1 aliphatic rings. The maximum atomic E-state index is 14.0. The zero-order valence-corrected chi connectivity index (χ0v) is 12.1. The number of hydrogen-bond acceptors (Lipinski definition) is 2. The zero-order chi connectivity index (χ0) is 15.0. The number of alkyl halides is 1. The van der Waals surface area contributed by atoms with Crippen molar-refractivity contribution in [1.29, 1.82) is 0 Å². The van der Waals surface area contributed by atoms with E-state index < -0.39 is 5.38 Å². The first-order valence-electron chi connectivity index (χ1n) is 6.51. The summed E-state index contributed by atoms with van der Waals surface area (Å²) < 4.78 is 19.3. The van der Waals surface area contributed by atoms with Gasteiger partial charge in [-0.3, -0.25) is 4.79 Å². The fraction of sp³-hybridized carbons (Fsp3) is 0.188. The summed E-state index contributed by atoms with van der Waals surface area (Å²) in [6.07, 6.45) is 0. The summed E-state index contributed by atoms with van der Waals surface area (Å²) in [5.41, 5.74) is 2.50. The number of fused-ring (bicyclic) bond motifs is 1. The van der Waals surface area contributed by atoms with Gasteiger partial charge in [0, 0.05) is 5.56 Å². The Morgan fingerprint density at radius 2 is 2.10 bits per heavy atom. The van der Waals surface area contributed by atoms with Gasteiger partial charge in [-0.15, -0.1) is 11.6 Å². The molecular weight excluding hydrogens is 293 g/mol. The fourth-order valence-electron chi connectivity index (χ4n) is 2.28. The van der Waals surface area contributed by atoms with Gasteiger partial charge in [-0.25, -0.2) is 4.39 Å². The third-order valence-electron chi connectivity index (χ3n) is 3.36. The predicted molar refractivity (Wildman–Crippen MR) is 79.4 cm³/mol. The van der Waals surface area contributed by atoms with Gasteiger partial charge in [-0.05, 0) is 36.2 Å². The standard InChI is InChI=1S/C16H13ClFNO2/c1-9-2-4-11(12(18)6-9)16(17)10-3-5-14-13(7-10)19-15(20)8-21-14/h2-7,16H,8H2,1H3,(H,19,20). The molecule has 0 aromatic heterocycles. The number of carbonyl (C=O) groups is 1. The van der Waals surface area contributed by atoms with Crippen molar-refractivity contribution >= 4 is 23.2 Å². The number of hydrogen-bond donors (Lipinski definition) is 1. The van der Waals surface area contributed by atoms with E-state index in [0.717, 1.165) is 5.56 Å². The minimum Gasteiger partial charge on any atom is -0.482 e. The number of aryl methyl sites for hydroxylation is 1. The molecule has 1 unspecified atom stereocenters. The molecule has 1 aliphatic heterocycles. The second kappa shape index (κ2) is 5.37. The Bertz CT molecular complexity index is 717. The number of rotatable bonds is 2. The van der Waals surface area contributed by atoms with Crippen molar-refractivity contribution in [2.75, 3.05) is 11.9 Å². The normalized spacial score (nSPS) is 14.9. The molecule has 108 valence electrons. The summed E-state index contributed by atoms with van der Waals surface area (Å²) in [5, 5.41) is 2.08. The molecule has 0 bridgehead atoms. The number of anilines is 1. The Labute approximate surface area is 126 Å². The van der Waals surface area contributed by atoms with Gasteiger partial charge in [0.2, 0.25) is 0 Å². The van der Waals surface area contributed by atoms with Crippen LogP contribution in [0.2, 0.25) is 0 Å². The predicted octanol–water partition coefficient (Wildman–Crippen LogP) is 3.79. The van der Waals surface area contributed by atoms with Gasteiger partial charge in [-0.1, -0.05) is 18.2 Å². The van der Waals surface area contributed by atoms with E-state index >= 15 is 0 Å². The van der Waals surface area contributed by atoms with E-state index in [2.05, 4.69) is 5.32 Å². The Morgan fingerprint density at radius 1 is 1.29 bits per heavy atom. The molecule has 1 amide bonds. The van der Waals surface area contributed by atoms with Crippen molar-refractivity contribution in [3.8, 4) is 5.75 Å². The lowest BCUT2D eigenvalue weighted by atomic mass is 10.0. The van der Waals surface area contributed by atoms with Crippen LogP contribution in [-0.2, 0) is 4.79 Å². The summed E-state index contributed by atoms with van der Waals surface area (Å²) in [5.74, 6) is 0.0342. The van der Waals surface area contributed by atoms with Crippen LogP contribution in [0, 0.1) is 12.7 Å². The van der Waals surface area contributed by atoms with E-state index in [9.17, 15) is 9.18 Å². The van der Waals surface area contributed by atoms with E-state index in [1.54, 1.807) is 24.3 Å². The number of benzene rings is 2. The number of carbonyl (C=O) groups excluding carboxylic acids is 1. The van der Waals surface area contributed by atoms with E-state index in [-0.39, 0.29) is 18.3 Å². The third-order valence-corrected chi connectivity index (χ3v) is 3.85. The Balaban J connectivity index is 1.96. The molecule has 2 aromatic rings. The molecule has 2 aromatic carbocycles. The molecule has 3 rings (SSSR count). The van der Waals surface area contributed by atoms with Gasteiger partial charge in [-0.2, -0.15) is 0 Å². The molecule has 21 heavy (non-hydrogen) atoms. The molecule has 0 saturated heterocycles. The number of nitrogens with one attached hydrogen (secondary N) is 1. The topological polar surface area (TPSA) is 38.3 Å². The van der Waals surface area contributed by atoms with Gasteiger partial charge in [0.05, 0.1) is 11.1 Å². The maximum absolute atomic E-state index is 14.0. The van der Waals surface area contributed by atoms with E-state index in [0.29, 0.717) is 22.6 Å². The smallest absolute Gasteiger partial charge is 0.262 e. The first kappa shape index (κ1) is 13.9. The van der Waals surface area contributed by atoms with Crippen LogP contribution in [0.15, 0.2) is 36.4 Å². The van der Waals surface area contributed by atoms with Crippen molar-refractivity contribution in [3.05, 3.63) is 58.9 Å². The van der Waals surface area contributed by atoms with Crippen LogP contribution >= 0.6 is 11.6 Å².